The van der Waals surface area contributed by atoms with Crippen molar-refractivity contribution in [2.75, 3.05) is 6.61 Å². The van der Waals surface area contributed by atoms with Gasteiger partial charge in [-0.15, -0.1) is 0 Å². The zero-order valence-corrected chi connectivity index (χ0v) is 9.92. The van der Waals surface area contributed by atoms with Gasteiger partial charge in [-0.2, -0.15) is 0 Å². The summed E-state index contributed by atoms with van der Waals surface area (Å²) in [4.78, 5) is 0. The van der Waals surface area contributed by atoms with E-state index in [1.165, 1.54) is 5.56 Å². The smallest absolute Gasteiger partial charge is 0.119 e. The van der Waals surface area contributed by atoms with Crippen LogP contribution in [0.5, 0.6) is 5.75 Å². The van der Waals surface area contributed by atoms with Crippen LogP contribution in [0.2, 0.25) is 0 Å². The molecule has 84 valence electrons. The third-order valence-electron chi connectivity index (χ3n) is 2.11. The number of hydrogen-bond donors (Lipinski definition) is 1. The van der Waals surface area contributed by atoms with Gasteiger partial charge in [-0.25, -0.2) is 0 Å². The van der Waals surface area contributed by atoms with Crippen molar-refractivity contribution in [1.82, 2.24) is 5.32 Å². The topological polar surface area (TPSA) is 21.3 Å². The van der Waals surface area contributed by atoms with Gasteiger partial charge in [0.05, 0.1) is 6.61 Å². The van der Waals surface area contributed by atoms with Gasteiger partial charge in [-0.05, 0) is 24.1 Å². The van der Waals surface area contributed by atoms with E-state index >= 15 is 0 Å². The monoisotopic (exact) mass is 207 g/mol. The standard InChI is InChI=1S/C13H21NO/c1-4-9-15-13-7-5-12(6-8-13)10-14-11(2)3/h5-8,11,14H,4,9-10H2,1-3H3. The minimum atomic E-state index is 0.529. The van der Waals surface area contributed by atoms with Gasteiger partial charge in [0.15, 0.2) is 0 Å². The maximum Gasteiger partial charge on any atom is 0.119 e. The van der Waals surface area contributed by atoms with Crippen LogP contribution in [0.25, 0.3) is 0 Å². The normalized spacial score (nSPS) is 10.7. The molecule has 0 aliphatic carbocycles. The van der Waals surface area contributed by atoms with Crippen LogP contribution in [0, 0.1) is 0 Å². The number of hydrogen-bond acceptors (Lipinski definition) is 2. The van der Waals surface area contributed by atoms with Gasteiger partial charge in [-0.1, -0.05) is 32.9 Å². The Morgan fingerprint density at radius 1 is 1.20 bits per heavy atom. The fourth-order valence-corrected chi connectivity index (χ4v) is 1.25. The molecule has 2 nitrogen and oxygen atoms in total. The molecule has 0 spiro atoms. The Balaban J connectivity index is 2.41. The maximum absolute atomic E-state index is 5.52. The summed E-state index contributed by atoms with van der Waals surface area (Å²) >= 11 is 0. The Kier molecular flexibility index (Phi) is 5.19. The summed E-state index contributed by atoms with van der Waals surface area (Å²) < 4.78 is 5.52. The molecule has 2 heteroatoms. The second kappa shape index (κ2) is 6.46. The van der Waals surface area contributed by atoms with Crippen molar-refractivity contribution in [1.29, 1.82) is 0 Å². The van der Waals surface area contributed by atoms with Crippen molar-refractivity contribution in [2.24, 2.45) is 0 Å². The highest BCUT2D eigenvalue weighted by atomic mass is 16.5. The lowest BCUT2D eigenvalue weighted by Crippen LogP contribution is -2.21. The molecule has 0 saturated carbocycles. The Morgan fingerprint density at radius 3 is 2.40 bits per heavy atom. The second-order valence-corrected chi connectivity index (χ2v) is 4.03. The summed E-state index contributed by atoms with van der Waals surface area (Å²) in [6, 6.07) is 8.82. The fourth-order valence-electron chi connectivity index (χ4n) is 1.25. The predicted octanol–water partition coefficient (Wildman–Crippen LogP) is 2.97. The number of rotatable bonds is 6. The summed E-state index contributed by atoms with van der Waals surface area (Å²) in [6.45, 7) is 8.13. The summed E-state index contributed by atoms with van der Waals surface area (Å²) in [5.74, 6) is 0.963. The average Bonchev–Trinajstić information content (AvgIpc) is 2.25. The summed E-state index contributed by atoms with van der Waals surface area (Å²) in [5, 5.41) is 3.38. The van der Waals surface area contributed by atoms with Crippen LogP contribution < -0.4 is 10.1 Å². The molecule has 0 radical (unpaired) electrons. The first-order valence-electron chi connectivity index (χ1n) is 5.67. The zero-order chi connectivity index (χ0) is 11.1. The van der Waals surface area contributed by atoms with Crippen molar-refractivity contribution >= 4 is 0 Å². The molecule has 0 aromatic heterocycles. The molecule has 0 saturated heterocycles. The van der Waals surface area contributed by atoms with Gasteiger partial charge in [0.1, 0.15) is 5.75 Å². The first-order chi connectivity index (χ1) is 7.22. The molecule has 0 heterocycles. The minimum Gasteiger partial charge on any atom is -0.494 e. The molecule has 1 aromatic rings. The van der Waals surface area contributed by atoms with Crippen LogP contribution in [-0.2, 0) is 6.54 Å². The first-order valence-corrected chi connectivity index (χ1v) is 5.67. The van der Waals surface area contributed by atoms with Crippen molar-refractivity contribution in [3.05, 3.63) is 29.8 Å². The van der Waals surface area contributed by atoms with Crippen molar-refractivity contribution < 1.29 is 4.74 Å². The first kappa shape index (κ1) is 12.1. The number of benzene rings is 1. The Morgan fingerprint density at radius 2 is 1.87 bits per heavy atom. The Bertz CT molecular complexity index is 266. The van der Waals surface area contributed by atoms with E-state index in [1.54, 1.807) is 0 Å². The molecular formula is C13H21NO. The van der Waals surface area contributed by atoms with Gasteiger partial charge >= 0.3 is 0 Å². The Hall–Kier alpha value is -1.02. The molecule has 0 atom stereocenters. The van der Waals surface area contributed by atoms with Crippen LogP contribution in [0.3, 0.4) is 0 Å². The van der Waals surface area contributed by atoms with Crippen molar-refractivity contribution in [2.45, 2.75) is 39.8 Å². The highest BCUT2D eigenvalue weighted by molar-refractivity contribution is 5.27. The largest absolute Gasteiger partial charge is 0.494 e. The molecule has 1 aromatic carbocycles. The van der Waals surface area contributed by atoms with E-state index in [2.05, 4.69) is 38.2 Å². The average molecular weight is 207 g/mol. The molecule has 15 heavy (non-hydrogen) atoms. The Labute approximate surface area is 92.6 Å². The van der Waals surface area contributed by atoms with Crippen LogP contribution in [0.4, 0.5) is 0 Å². The lowest BCUT2D eigenvalue weighted by atomic mass is 10.2. The summed E-state index contributed by atoms with van der Waals surface area (Å²) in [7, 11) is 0. The quantitative estimate of drug-likeness (QED) is 0.774. The summed E-state index contributed by atoms with van der Waals surface area (Å²) in [6.07, 6.45) is 1.05. The predicted molar refractivity (Wildman–Crippen MR) is 64.2 cm³/mol. The highest BCUT2D eigenvalue weighted by Crippen LogP contribution is 2.12. The van der Waals surface area contributed by atoms with E-state index in [0.29, 0.717) is 6.04 Å². The molecule has 0 unspecified atom stereocenters. The minimum absolute atomic E-state index is 0.529. The van der Waals surface area contributed by atoms with Crippen LogP contribution in [0.1, 0.15) is 32.8 Å². The fraction of sp³-hybridized carbons (Fsp3) is 0.538. The molecule has 0 aliphatic rings. The van der Waals surface area contributed by atoms with Gasteiger partial charge in [0.2, 0.25) is 0 Å². The van der Waals surface area contributed by atoms with Crippen LogP contribution >= 0.6 is 0 Å². The molecule has 0 amide bonds. The van der Waals surface area contributed by atoms with Gasteiger partial charge in [0, 0.05) is 12.6 Å². The van der Waals surface area contributed by atoms with E-state index in [-0.39, 0.29) is 0 Å². The van der Waals surface area contributed by atoms with E-state index in [9.17, 15) is 0 Å². The maximum atomic E-state index is 5.52. The number of nitrogens with one attached hydrogen (secondary N) is 1. The molecular weight excluding hydrogens is 186 g/mol. The summed E-state index contributed by atoms with van der Waals surface area (Å²) in [5.41, 5.74) is 1.30. The van der Waals surface area contributed by atoms with Gasteiger partial charge < -0.3 is 10.1 Å². The van der Waals surface area contributed by atoms with E-state index < -0.39 is 0 Å². The molecule has 1 N–H and O–H groups in total. The van der Waals surface area contributed by atoms with E-state index in [4.69, 9.17) is 4.74 Å². The van der Waals surface area contributed by atoms with Crippen LogP contribution in [0.15, 0.2) is 24.3 Å². The SMILES string of the molecule is CCCOc1ccc(CNC(C)C)cc1. The lowest BCUT2D eigenvalue weighted by Gasteiger charge is -2.09. The van der Waals surface area contributed by atoms with Crippen LogP contribution in [-0.4, -0.2) is 12.6 Å². The number of ether oxygens (including phenoxy) is 1. The highest BCUT2D eigenvalue weighted by Gasteiger charge is 1.96. The lowest BCUT2D eigenvalue weighted by molar-refractivity contribution is 0.317. The van der Waals surface area contributed by atoms with E-state index in [1.807, 2.05) is 12.1 Å². The van der Waals surface area contributed by atoms with Crippen molar-refractivity contribution in [3.63, 3.8) is 0 Å². The van der Waals surface area contributed by atoms with Gasteiger partial charge in [-0.3, -0.25) is 0 Å². The van der Waals surface area contributed by atoms with E-state index in [0.717, 1.165) is 25.3 Å². The zero-order valence-electron chi connectivity index (χ0n) is 9.92. The third-order valence-corrected chi connectivity index (χ3v) is 2.11. The van der Waals surface area contributed by atoms with Crippen molar-refractivity contribution in [3.8, 4) is 5.75 Å². The van der Waals surface area contributed by atoms with Gasteiger partial charge in [0.25, 0.3) is 0 Å². The molecule has 0 aliphatic heterocycles. The molecule has 1 rings (SSSR count). The second-order valence-electron chi connectivity index (χ2n) is 4.03. The molecule has 0 bridgehead atoms. The third kappa shape index (κ3) is 4.84. The molecule has 0 fully saturated rings.